The van der Waals surface area contributed by atoms with Crippen LogP contribution in [0.3, 0.4) is 0 Å². The Labute approximate surface area is 285 Å². The second-order valence-corrected chi connectivity index (χ2v) is 13.5. The minimum Gasteiger partial charge on any atom is -0.455 e. The van der Waals surface area contributed by atoms with Gasteiger partial charge in [-0.3, -0.25) is 0 Å². The van der Waals surface area contributed by atoms with E-state index in [-0.39, 0.29) is 5.41 Å². The Morgan fingerprint density at radius 2 is 1.06 bits per heavy atom. The predicted octanol–water partition coefficient (Wildman–Crippen LogP) is 11.7. The van der Waals surface area contributed by atoms with Gasteiger partial charge < -0.3 is 4.42 Å². The topological polar surface area (TPSA) is 51.8 Å². The van der Waals surface area contributed by atoms with Crippen LogP contribution in [0, 0.1) is 0 Å². The molecular formula is C45H33N3O. The first-order valence-electron chi connectivity index (χ1n) is 17.3. The summed E-state index contributed by atoms with van der Waals surface area (Å²) in [5.41, 5.74) is 12.7. The summed E-state index contributed by atoms with van der Waals surface area (Å²) in [4.78, 5) is 15.2. The van der Waals surface area contributed by atoms with Crippen LogP contribution in [0.15, 0.2) is 144 Å². The van der Waals surface area contributed by atoms with Gasteiger partial charge in [0.05, 0.1) is 5.56 Å². The van der Waals surface area contributed by atoms with Gasteiger partial charge in [-0.2, -0.15) is 0 Å². The average molecular weight is 632 g/mol. The van der Waals surface area contributed by atoms with Crippen LogP contribution in [0.5, 0.6) is 0 Å². The molecule has 0 aliphatic heterocycles. The number of para-hydroxylation sites is 2. The van der Waals surface area contributed by atoms with E-state index in [1.54, 1.807) is 0 Å². The fourth-order valence-electron chi connectivity index (χ4n) is 8.44. The Kier molecular flexibility index (Phi) is 6.38. The van der Waals surface area contributed by atoms with Gasteiger partial charge in [-0.15, -0.1) is 0 Å². The number of hydrogen-bond acceptors (Lipinski definition) is 4. The molecule has 0 radical (unpaired) electrons. The number of furan rings is 1. The van der Waals surface area contributed by atoms with Crippen molar-refractivity contribution in [2.45, 2.75) is 37.5 Å². The first-order valence-corrected chi connectivity index (χ1v) is 17.3. The van der Waals surface area contributed by atoms with Crippen molar-refractivity contribution in [2.24, 2.45) is 0 Å². The fourth-order valence-corrected chi connectivity index (χ4v) is 8.44. The highest BCUT2D eigenvalue weighted by Gasteiger charge is 2.43. The van der Waals surface area contributed by atoms with Crippen molar-refractivity contribution in [2.75, 3.05) is 0 Å². The SMILES string of the molecule is c1ccc(-c2nc(-c3cccc(-c4ccc5c(c4)-c4ccccc4C54CCCCC4)c3)nc(-c3cccc4c3oc3ccccc34)n2)cc1. The van der Waals surface area contributed by atoms with Crippen LogP contribution in [0.2, 0.25) is 0 Å². The van der Waals surface area contributed by atoms with E-state index in [4.69, 9.17) is 19.4 Å². The Bertz CT molecular complexity index is 2540. The van der Waals surface area contributed by atoms with Crippen molar-refractivity contribution in [3.05, 3.63) is 151 Å². The van der Waals surface area contributed by atoms with Crippen LogP contribution in [0.4, 0.5) is 0 Å². The average Bonchev–Trinajstić information content (AvgIpc) is 3.69. The van der Waals surface area contributed by atoms with Gasteiger partial charge in [0, 0.05) is 27.3 Å². The normalized spacial score (nSPS) is 14.7. The lowest BCUT2D eigenvalue weighted by Crippen LogP contribution is -2.27. The fraction of sp³-hybridized carbons (Fsp3) is 0.133. The minimum absolute atomic E-state index is 0.155. The van der Waals surface area contributed by atoms with Gasteiger partial charge in [-0.1, -0.05) is 135 Å². The highest BCUT2D eigenvalue weighted by molar-refractivity contribution is 6.09. The van der Waals surface area contributed by atoms with E-state index >= 15 is 0 Å². The van der Waals surface area contributed by atoms with E-state index < -0.39 is 0 Å². The summed E-state index contributed by atoms with van der Waals surface area (Å²) >= 11 is 0. The number of fused-ring (bicyclic) bond motifs is 8. The molecular weight excluding hydrogens is 599 g/mol. The lowest BCUT2D eigenvalue weighted by Gasteiger charge is -2.36. The molecule has 0 saturated heterocycles. The van der Waals surface area contributed by atoms with Gasteiger partial charge in [0.25, 0.3) is 0 Å². The molecule has 10 rings (SSSR count). The van der Waals surface area contributed by atoms with Gasteiger partial charge in [-0.05, 0) is 70.5 Å². The summed E-state index contributed by atoms with van der Waals surface area (Å²) in [5, 5.41) is 2.13. The number of rotatable bonds is 4. The molecule has 0 unspecified atom stereocenters. The van der Waals surface area contributed by atoms with Crippen molar-refractivity contribution < 1.29 is 4.42 Å². The van der Waals surface area contributed by atoms with Crippen LogP contribution >= 0.6 is 0 Å². The standard InChI is InChI=1S/C45H33N3O/c1-3-13-29(14-4-1)42-46-43(48-44(47-42)36-20-12-19-35-34-18-6-8-22-40(34)49-41(35)36)32-16-11-15-30(27-32)31-23-24-39-37(28-31)33-17-5-7-21-38(33)45(39)25-9-2-10-26-45/h1,3-8,11-24,27-28H,2,9-10,25-26H2. The number of aromatic nitrogens is 3. The third kappa shape index (κ3) is 4.48. The van der Waals surface area contributed by atoms with E-state index in [2.05, 4.69) is 84.9 Å². The van der Waals surface area contributed by atoms with Crippen molar-refractivity contribution in [1.29, 1.82) is 0 Å². The quantitative estimate of drug-likeness (QED) is 0.194. The van der Waals surface area contributed by atoms with Crippen molar-refractivity contribution in [1.82, 2.24) is 15.0 Å². The highest BCUT2D eigenvalue weighted by Crippen LogP contribution is 2.56. The van der Waals surface area contributed by atoms with Gasteiger partial charge in [-0.25, -0.2) is 15.0 Å². The highest BCUT2D eigenvalue weighted by atomic mass is 16.3. The summed E-state index contributed by atoms with van der Waals surface area (Å²) in [7, 11) is 0. The number of hydrogen-bond donors (Lipinski definition) is 0. The van der Waals surface area contributed by atoms with E-state index in [9.17, 15) is 0 Å². The third-order valence-corrected chi connectivity index (χ3v) is 10.7. The molecule has 6 aromatic carbocycles. The first kappa shape index (κ1) is 28.2. The molecule has 4 nitrogen and oxygen atoms in total. The zero-order chi connectivity index (χ0) is 32.4. The smallest absolute Gasteiger partial charge is 0.167 e. The lowest BCUT2D eigenvalue weighted by atomic mass is 9.68. The van der Waals surface area contributed by atoms with E-state index in [1.165, 1.54) is 59.9 Å². The predicted molar refractivity (Wildman–Crippen MR) is 198 cm³/mol. The largest absolute Gasteiger partial charge is 0.455 e. The monoisotopic (exact) mass is 631 g/mol. The van der Waals surface area contributed by atoms with Crippen molar-refractivity contribution in [3.63, 3.8) is 0 Å². The Morgan fingerprint density at radius 3 is 1.96 bits per heavy atom. The Morgan fingerprint density at radius 1 is 0.429 bits per heavy atom. The zero-order valence-electron chi connectivity index (χ0n) is 27.1. The Balaban J connectivity index is 1.11. The molecule has 2 heterocycles. The molecule has 0 bridgehead atoms. The summed E-state index contributed by atoms with van der Waals surface area (Å²) < 4.78 is 6.41. The first-order chi connectivity index (χ1) is 24.2. The van der Waals surface area contributed by atoms with Gasteiger partial charge in [0.1, 0.15) is 11.2 Å². The molecule has 49 heavy (non-hydrogen) atoms. The molecule has 1 fully saturated rings. The molecule has 4 heteroatoms. The van der Waals surface area contributed by atoms with Gasteiger partial charge in [0.2, 0.25) is 0 Å². The zero-order valence-corrected chi connectivity index (χ0v) is 27.1. The van der Waals surface area contributed by atoms with Gasteiger partial charge in [0.15, 0.2) is 17.5 Å². The molecule has 0 amide bonds. The third-order valence-electron chi connectivity index (χ3n) is 10.7. The molecule has 2 aliphatic rings. The molecule has 8 aromatic rings. The number of benzene rings is 6. The van der Waals surface area contributed by atoms with E-state index in [0.717, 1.165) is 44.2 Å². The second-order valence-electron chi connectivity index (χ2n) is 13.5. The maximum atomic E-state index is 6.41. The molecule has 1 spiro atoms. The van der Waals surface area contributed by atoms with E-state index in [1.807, 2.05) is 54.6 Å². The summed E-state index contributed by atoms with van der Waals surface area (Å²) in [6.45, 7) is 0. The van der Waals surface area contributed by atoms with Crippen molar-refractivity contribution in [3.8, 4) is 56.4 Å². The summed E-state index contributed by atoms with van der Waals surface area (Å²) in [6, 6.07) is 49.3. The Hall–Kier alpha value is -5.87. The molecule has 1 saturated carbocycles. The van der Waals surface area contributed by atoms with Crippen LogP contribution in [0.1, 0.15) is 43.2 Å². The maximum Gasteiger partial charge on any atom is 0.167 e. The molecule has 234 valence electrons. The molecule has 0 atom stereocenters. The maximum absolute atomic E-state index is 6.41. The summed E-state index contributed by atoms with van der Waals surface area (Å²) in [6.07, 6.45) is 6.39. The van der Waals surface area contributed by atoms with Crippen LogP contribution in [-0.4, -0.2) is 15.0 Å². The molecule has 0 N–H and O–H groups in total. The molecule has 2 aliphatic carbocycles. The van der Waals surface area contributed by atoms with Gasteiger partial charge >= 0.3 is 0 Å². The molecule has 2 aromatic heterocycles. The summed E-state index contributed by atoms with van der Waals surface area (Å²) in [5.74, 6) is 1.85. The number of nitrogens with zero attached hydrogens (tertiary/aromatic N) is 3. The van der Waals surface area contributed by atoms with Crippen molar-refractivity contribution >= 4 is 21.9 Å². The minimum atomic E-state index is 0.155. The van der Waals surface area contributed by atoms with E-state index in [0.29, 0.717) is 17.5 Å². The lowest BCUT2D eigenvalue weighted by molar-refractivity contribution is 0.353. The van der Waals surface area contributed by atoms with Crippen LogP contribution in [0.25, 0.3) is 78.4 Å². The second kappa shape index (κ2) is 11.1. The van der Waals surface area contributed by atoms with Crippen LogP contribution in [-0.2, 0) is 5.41 Å². The van der Waals surface area contributed by atoms with Crippen LogP contribution < -0.4 is 0 Å².